The Kier molecular flexibility index (Phi) is 4.00. The first kappa shape index (κ1) is 12.9. The summed E-state index contributed by atoms with van der Waals surface area (Å²) in [6.45, 7) is 0.137. The van der Waals surface area contributed by atoms with E-state index in [1.165, 1.54) is 0 Å². The molecule has 98 valence electrons. The number of carbonyl (C=O) groups excluding carboxylic acids is 2. The van der Waals surface area contributed by atoms with Crippen LogP contribution in [0.25, 0.3) is 10.4 Å². The molecule has 1 aliphatic rings. The normalized spacial score (nSPS) is 20.7. The predicted molar refractivity (Wildman–Crippen MR) is 68.0 cm³/mol. The quantitative estimate of drug-likeness (QED) is 0.348. The summed E-state index contributed by atoms with van der Waals surface area (Å²) >= 11 is 0. The molecule has 1 heterocycles. The second kappa shape index (κ2) is 5.88. The van der Waals surface area contributed by atoms with Crippen molar-refractivity contribution in [1.29, 1.82) is 0 Å². The summed E-state index contributed by atoms with van der Waals surface area (Å²) in [4.78, 5) is 25.7. The van der Waals surface area contributed by atoms with Crippen molar-refractivity contribution in [3.63, 3.8) is 0 Å². The van der Waals surface area contributed by atoms with E-state index in [0.717, 1.165) is 5.56 Å². The highest BCUT2D eigenvalue weighted by atomic mass is 16.2. The summed E-state index contributed by atoms with van der Waals surface area (Å²) in [7, 11) is 0. The zero-order valence-corrected chi connectivity index (χ0v) is 10.1. The molecule has 1 aliphatic heterocycles. The van der Waals surface area contributed by atoms with Crippen molar-refractivity contribution in [2.45, 2.75) is 18.5 Å². The monoisotopic (exact) mass is 259 g/mol. The number of rotatable bonds is 5. The van der Waals surface area contributed by atoms with Crippen LogP contribution in [0.15, 0.2) is 35.4 Å². The average molecular weight is 259 g/mol. The first-order valence-electron chi connectivity index (χ1n) is 5.85. The van der Waals surface area contributed by atoms with Gasteiger partial charge in [0.2, 0.25) is 11.8 Å². The molecule has 1 aromatic carbocycles. The average Bonchev–Trinajstić information content (AvgIpc) is 2.42. The molecule has 0 bridgehead atoms. The summed E-state index contributed by atoms with van der Waals surface area (Å²) in [5, 5.41) is 8.60. The first-order chi connectivity index (χ1) is 9.20. The molecule has 1 aromatic rings. The Labute approximate surface area is 109 Å². The summed E-state index contributed by atoms with van der Waals surface area (Å²) < 4.78 is 0. The van der Waals surface area contributed by atoms with Crippen molar-refractivity contribution in [2.24, 2.45) is 5.11 Å². The second-order valence-electron chi connectivity index (χ2n) is 4.24. The summed E-state index contributed by atoms with van der Waals surface area (Å²) in [6, 6.07) is 8.34. The minimum absolute atomic E-state index is 0.137. The SMILES string of the molecule is [N-]=[N+]=NC[C@@H]1NC(=O)[C@@H]1NC(=O)Cc1ccccc1. The molecule has 1 fully saturated rings. The van der Waals surface area contributed by atoms with Crippen LogP contribution in [0.1, 0.15) is 5.56 Å². The van der Waals surface area contributed by atoms with Gasteiger partial charge in [-0.25, -0.2) is 0 Å². The van der Waals surface area contributed by atoms with Crippen LogP contribution in [0, 0.1) is 0 Å². The summed E-state index contributed by atoms with van der Waals surface area (Å²) in [5.41, 5.74) is 9.10. The maximum absolute atomic E-state index is 11.8. The van der Waals surface area contributed by atoms with Crippen LogP contribution in [-0.4, -0.2) is 30.4 Å². The fourth-order valence-electron chi connectivity index (χ4n) is 1.89. The molecule has 0 unspecified atom stereocenters. The van der Waals surface area contributed by atoms with E-state index in [4.69, 9.17) is 5.53 Å². The van der Waals surface area contributed by atoms with Gasteiger partial charge in [0.15, 0.2) is 0 Å². The van der Waals surface area contributed by atoms with Gasteiger partial charge in [0.1, 0.15) is 6.04 Å². The minimum Gasteiger partial charge on any atom is -0.349 e. The molecule has 2 N–H and O–H groups in total. The van der Waals surface area contributed by atoms with Crippen molar-refractivity contribution in [1.82, 2.24) is 10.6 Å². The highest BCUT2D eigenvalue weighted by molar-refractivity contribution is 5.93. The van der Waals surface area contributed by atoms with Gasteiger partial charge in [-0.15, -0.1) is 0 Å². The second-order valence-corrected chi connectivity index (χ2v) is 4.24. The fraction of sp³-hybridized carbons (Fsp3) is 0.333. The number of carbonyl (C=O) groups is 2. The van der Waals surface area contributed by atoms with E-state index < -0.39 is 6.04 Å². The molecule has 0 radical (unpaired) electrons. The molecule has 0 aromatic heterocycles. The van der Waals surface area contributed by atoms with Gasteiger partial charge in [0, 0.05) is 11.5 Å². The molecule has 7 nitrogen and oxygen atoms in total. The Bertz CT molecular complexity index is 524. The van der Waals surface area contributed by atoms with Gasteiger partial charge in [-0.2, -0.15) is 0 Å². The summed E-state index contributed by atoms with van der Waals surface area (Å²) in [5.74, 6) is -0.475. The minimum atomic E-state index is -0.610. The molecule has 7 heteroatoms. The maximum atomic E-state index is 11.8. The van der Waals surface area contributed by atoms with Crippen LogP contribution < -0.4 is 10.6 Å². The van der Waals surface area contributed by atoms with Crippen molar-refractivity contribution < 1.29 is 9.59 Å². The summed E-state index contributed by atoms with van der Waals surface area (Å²) in [6.07, 6.45) is 0.221. The van der Waals surface area contributed by atoms with Crippen LogP contribution in [-0.2, 0) is 16.0 Å². The van der Waals surface area contributed by atoms with Crippen LogP contribution in [0.2, 0.25) is 0 Å². The van der Waals surface area contributed by atoms with E-state index in [9.17, 15) is 9.59 Å². The lowest BCUT2D eigenvalue weighted by molar-refractivity contribution is -0.135. The zero-order chi connectivity index (χ0) is 13.7. The standard InChI is InChI=1S/C12H13N5O2/c13-17-14-7-9-11(12(19)15-9)16-10(18)6-8-4-2-1-3-5-8/h1-5,9,11H,6-7H2,(H,15,19)(H,16,18)/t9-,11+/m0/s1. The molecule has 19 heavy (non-hydrogen) atoms. The Balaban J connectivity index is 1.87. The molecule has 1 saturated heterocycles. The maximum Gasteiger partial charge on any atom is 0.245 e. The van der Waals surface area contributed by atoms with E-state index in [2.05, 4.69) is 20.7 Å². The van der Waals surface area contributed by atoms with Crippen molar-refractivity contribution in [3.8, 4) is 0 Å². The van der Waals surface area contributed by atoms with Crippen LogP contribution >= 0.6 is 0 Å². The largest absolute Gasteiger partial charge is 0.349 e. The lowest BCUT2D eigenvalue weighted by Gasteiger charge is -2.36. The van der Waals surface area contributed by atoms with Gasteiger partial charge >= 0.3 is 0 Å². The predicted octanol–water partition coefficient (Wildman–Crippen LogP) is 0.523. The Morgan fingerprint density at radius 2 is 2.16 bits per heavy atom. The van der Waals surface area contributed by atoms with Crippen molar-refractivity contribution in [2.75, 3.05) is 6.54 Å². The van der Waals surface area contributed by atoms with Crippen LogP contribution in [0.4, 0.5) is 0 Å². The number of benzene rings is 1. The number of β-lactam (4-membered cyclic amide) rings is 1. The van der Waals surface area contributed by atoms with Gasteiger partial charge in [-0.3, -0.25) is 9.59 Å². The van der Waals surface area contributed by atoms with Crippen LogP contribution in [0.3, 0.4) is 0 Å². The molecule has 0 spiro atoms. The number of nitrogens with one attached hydrogen (secondary N) is 2. The third-order valence-corrected chi connectivity index (χ3v) is 2.88. The van der Waals surface area contributed by atoms with E-state index in [1.54, 1.807) is 0 Å². The van der Waals surface area contributed by atoms with Crippen molar-refractivity contribution in [3.05, 3.63) is 46.3 Å². The zero-order valence-electron chi connectivity index (χ0n) is 10.1. The van der Waals surface area contributed by atoms with E-state index in [0.29, 0.717) is 0 Å². The molecular weight excluding hydrogens is 246 g/mol. The number of azide groups is 1. The molecule has 0 aliphatic carbocycles. The van der Waals surface area contributed by atoms with Gasteiger partial charge in [-0.1, -0.05) is 35.4 Å². The fourth-order valence-corrected chi connectivity index (χ4v) is 1.89. The van der Waals surface area contributed by atoms with E-state index in [1.807, 2.05) is 30.3 Å². The van der Waals surface area contributed by atoms with Crippen molar-refractivity contribution >= 4 is 11.8 Å². The Hall–Kier alpha value is -2.53. The van der Waals surface area contributed by atoms with E-state index >= 15 is 0 Å². The number of hydrogen-bond donors (Lipinski definition) is 2. The number of nitrogens with zero attached hydrogens (tertiary/aromatic N) is 3. The first-order valence-corrected chi connectivity index (χ1v) is 5.85. The highest BCUT2D eigenvalue weighted by Crippen LogP contribution is 2.08. The highest BCUT2D eigenvalue weighted by Gasteiger charge is 2.39. The van der Waals surface area contributed by atoms with Gasteiger partial charge in [-0.05, 0) is 11.1 Å². The van der Waals surface area contributed by atoms with Gasteiger partial charge in [0.05, 0.1) is 12.5 Å². The molecule has 2 rings (SSSR count). The lowest BCUT2D eigenvalue weighted by Crippen LogP contribution is -2.70. The van der Waals surface area contributed by atoms with Gasteiger partial charge < -0.3 is 10.6 Å². The lowest BCUT2D eigenvalue weighted by atomic mass is 9.98. The molecule has 0 saturated carbocycles. The van der Waals surface area contributed by atoms with Crippen LogP contribution in [0.5, 0.6) is 0 Å². The Morgan fingerprint density at radius 1 is 1.42 bits per heavy atom. The topological polar surface area (TPSA) is 107 Å². The third-order valence-electron chi connectivity index (χ3n) is 2.88. The molecule has 2 atom stereocenters. The third kappa shape index (κ3) is 3.23. The Morgan fingerprint density at radius 3 is 2.79 bits per heavy atom. The molecule has 2 amide bonds. The molecular formula is C12H13N5O2. The number of amides is 2. The van der Waals surface area contributed by atoms with E-state index in [-0.39, 0.29) is 30.8 Å². The van der Waals surface area contributed by atoms with Gasteiger partial charge in [0.25, 0.3) is 0 Å². The number of hydrogen-bond acceptors (Lipinski definition) is 3. The smallest absolute Gasteiger partial charge is 0.245 e.